The summed E-state index contributed by atoms with van der Waals surface area (Å²) in [5.74, 6) is 1.07. The molecule has 2 rings (SSSR count). The molecular formula is C13H24N2O2. The van der Waals surface area contributed by atoms with E-state index in [0.717, 1.165) is 19.5 Å². The second kappa shape index (κ2) is 4.48. The minimum absolute atomic E-state index is 0.181. The van der Waals surface area contributed by atoms with Crippen LogP contribution in [0.1, 0.15) is 40.0 Å². The summed E-state index contributed by atoms with van der Waals surface area (Å²) in [7, 11) is 0. The van der Waals surface area contributed by atoms with E-state index < -0.39 is 5.60 Å². The van der Waals surface area contributed by atoms with Gasteiger partial charge in [0.2, 0.25) is 0 Å². The van der Waals surface area contributed by atoms with Gasteiger partial charge in [0.1, 0.15) is 5.60 Å². The molecule has 0 aromatic carbocycles. The van der Waals surface area contributed by atoms with Crippen LogP contribution in [0.4, 0.5) is 4.79 Å². The zero-order valence-corrected chi connectivity index (χ0v) is 11.1. The summed E-state index contributed by atoms with van der Waals surface area (Å²) < 4.78 is 5.41. The average molecular weight is 240 g/mol. The Morgan fingerprint density at radius 2 is 2.00 bits per heavy atom. The van der Waals surface area contributed by atoms with Gasteiger partial charge >= 0.3 is 6.09 Å². The molecule has 1 aliphatic heterocycles. The van der Waals surface area contributed by atoms with E-state index in [-0.39, 0.29) is 12.1 Å². The monoisotopic (exact) mass is 240 g/mol. The summed E-state index contributed by atoms with van der Waals surface area (Å²) in [6, 6.07) is 0.265. The van der Waals surface area contributed by atoms with E-state index in [2.05, 4.69) is 0 Å². The van der Waals surface area contributed by atoms with Gasteiger partial charge < -0.3 is 15.4 Å². The Morgan fingerprint density at radius 3 is 2.59 bits per heavy atom. The molecule has 98 valence electrons. The first-order chi connectivity index (χ1) is 7.87. The van der Waals surface area contributed by atoms with Crippen LogP contribution >= 0.6 is 0 Å². The fourth-order valence-electron chi connectivity index (χ4n) is 2.99. The predicted octanol–water partition coefficient (Wildman–Crippen LogP) is 1.98. The van der Waals surface area contributed by atoms with Crippen molar-refractivity contribution in [1.29, 1.82) is 0 Å². The molecule has 17 heavy (non-hydrogen) atoms. The van der Waals surface area contributed by atoms with Gasteiger partial charge in [0.25, 0.3) is 0 Å². The molecule has 0 aromatic rings. The van der Waals surface area contributed by atoms with Crippen molar-refractivity contribution in [3.63, 3.8) is 0 Å². The molecule has 0 bridgehead atoms. The lowest BCUT2D eigenvalue weighted by Gasteiger charge is -2.29. The van der Waals surface area contributed by atoms with E-state index in [0.29, 0.717) is 11.8 Å². The van der Waals surface area contributed by atoms with Crippen LogP contribution in [0, 0.1) is 11.8 Å². The predicted molar refractivity (Wildman–Crippen MR) is 66.6 cm³/mol. The maximum atomic E-state index is 12.0. The lowest BCUT2D eigenvalue weighted by Crippen LogP contribution is -2.39. The van der Waals surface area contributed by atoms with Crippen LogP contribution in [-0.4, -0.2) is 35.7 Å². The quantitative estimate of drug-likeness (QED) is 0.704. The minimum Gasteiger partial charge on any atom is -0.444 e. The van der Waals surface area contributed by atoms with E-state index in [9.17, 15) is 4.79 Å². The van der Waals surface area contributed by atoms with Gasteiger partial charge in [-0.3, -0.25) is 0 Å². The Bertz CT molecular complexity index is 298. The lowest BCUT2D eigenvalue weighted by atomic mass is 9.78. The van der Waals surface area contributed by atoms with Gasteiger partial charge in [-0.05, 0) is 45.4 Å². The van der Waals surface area contributed by atoms with Gasteiger partial charge in [-0.1, -0.05) is 6.42 Å². The van der Waals surface area contributed by atoms with Crippen LogP contribution in [0.5, 0.6) is 0 Å². The zero-order valence-electron chi connectivity index (χ0n) is 11.1. The van der Waals surface area contributed by atoms with E-state index in [1.54, 1.807) is 0 Å². The normalized spacial score (nSPS) is 33.4. The number of nitrogens with two attached hydrogens (primary N) is 1. The summed E-state index contributed by atoms with van der Waals surface area (Å²) in [6.07, 6.45) is 3.32. The van der Waals surface area contributed by atoms with E-state index in [1.807, 2.05) is 25.7 Å². The van der Waals surface area contributed by atoms with Crippen molar-refractivity contribution >= 4 is 6.09 Å². The Hall–Kier alpha value is -0.770. The largest absolute Gasteiger partial charge is 0.444 e. The number of carbonyl (C=O) groups is 1. The Balaban J connectivity index is 1.95. The highest BCUT2D eigenvalue weighted by molar-refractivity contribution is 5.68. The van der Waals surface area contributed by atoms with Crippen molar-refractivity contribution in [3.8, 4) is 0 Å². The van der Waals surface area contributed by atoms with Crippen LogP contribution in [-0.2, 0) is 4.74 Å². The van der Waals surface area contributed by atoms with Gasteiger partial charge in [-0.2, -0.15) is 0 Å². The summed E-state index contributed by atoms with van der Waals surface area (Å²) in [6.45, 7) is 7.31. The highest BCUT2D eigenvalue weighted by Crippen LogP contribution is 2.35. The summed E-state index contributed by atoms with van der Waals surface area (Å²) >= 11 is 0. The smallest absolute Gasteiger partial charge is 0.410 e. The van der Waals surface area contributed by atoms with E-state index in [4.69, 9.17) is 10.5 Å². The van der Waals surface area contributed by atoms with Crippen molar-refractivity contribution in [2.24, 2.45) is 17.6 Å². The highest BCUT2D eigenvalue weighted by atomic mass is 16.6. The lowest BCUT2D eigenvalue weighted by molar-refractivity contribution is 0.0283. The molecule has 0 radical (unpaired) electrons. The van der Waals surface area contributed by atoms with Crippen LogP contribution in [0.3, 0.4) is 0 Å². The van der Waals surface area contributed by atoms with Gasteiger partial charge in [0.05, 0.1) is 0 Å². The standard InChI is InChI=1S/C13H24N2O2/c1-13(2,3)17-12(16)15-7-9-5-4-6-11(14)10(9)8-15/h9-11H,4-8,14H2,1-3H3. The summed E-state index contributed by atoms with van der Waals surface area (Å²) in [5, 5.41) is 0. The van der Waals surface area contributed by atoms with Crippen molar-refractivity contribution in [2.75, 3.05) is 13.1 Å². The zero-order chi connectivity index (χ0) is 12.6. The number of hydrogen-bond acceptors (Lipinski definition) is 3. The van der Waals surface area contributed by atoms with Gasteiger partial charge in [0.15, 0.2) is 0 Å². The number of amides is 1. The number of hydrogen-bond donors (Lipinski definition) is 1. The number of carbonyl (C=O) groups excluding carboxylic acids is 1. The number of fused-ring (bicyclic) bond motifs is 1. The molecule has 1 saturated heterocycles. The molecular weight excluding hydrogens is 216 g/mol. The van der Waals surface area contributed by atoms with E-state index >= 15 is 0 Å². The summed E-state index contributed by atoms with van der Waals surface area (Å²) in [5.41, 5.74) is 5.72. The SMILES string of the molecule is CC(C)(C)OC(=O)N1CC2CCCC(N)C2C1. The molecule has 2 N–H and O–H groups in total. The minimum atomic E-state index is -0.410. The van der Waals surface area contributed by atoms with Gasteiger partial charge in [-0.15, -0.1) is 0 Å². The van der Waals surface area contributed by atoms with Crippen molar-refractivity contribution < 1.29 is 9.53 Å². The summed E-state index contributed by atoms with van der Waals surface area (Å²) in [4.78, 5) is 13.8. The fourth-order valence-corrected chi connectivity index (χ4v) is 2.99. The molecule has 0 spiro atoms. The maximum Gasteiger partial charge on any atom is 0.410 e. The first-order valence-electron chi connectivity index (χ1n) is 6.60. The average Bonchev–Trinajstić information content (AvgIpc) is 2.60. The number of likely N-dealkylation sites (tertiary alicyclic amines) is 1. The Morgan fingerprint density at radius 1 is 1.29 bits per heavy atom. The first-order valence-corrected chi connectivity index (χ1v) is 6.60. The van der Waals surface area contributed by atoms with E-state index in [1.165, 1.54) is 12.8 Å². The van der Waals surface area contributed by atoms with Crippen molar-refractivity contribution in [2.45, 2.75) is 51.7 Å². The molecule has 1 heterocycles. The third kappa shape index (κ3) is 2.92. The van der Waals surface area contributed by atoms with Crippen molar-refractivity contribution in [1.82, 2.24) is 4.90 Å². The Labute approximate surface area is 103 Å². The van der Waals surface area contributed by atoms with Gasteiger partial charge in [-0.25, -0.2) is 4.79 Å². The van der Waals surface area contributed by atoms with Crippen LogP contribution in [0.25, 0.3) is 0 Å². The third-order valence-electron chi connectivity index (χ3n) is 3.81. The molecule has 1 aliphatic carbocycles. The van der Waals surface area contributed by atoms with Gasteiger partial charge in [0, 0.05) is 19.1 Å². The fraction of sp³-hybridized carbons (Fsp3) is 0.923. The van der Waals surface area contributed by atoms with Crippen LogP contribution in [0.2, 0.25) is 0 Å². The number of rotatable bonds is 0. The topological polar surface area (TPSA) is 55.6 Å². The highest BCUT2D eigenvalue weighted by Gasteiger charge is 2.41. The third-order valence-corrected chi connectivity index (χ3v) is 3.81. The molecule has 2 fully saturated rings. The number of ether oxygens (including phenoxy) is 1. The first kappa shape index (κ1) is 12.7. The molecule has 4 nitrogen and oxygen atoms in total. The second-order valence-corrected chi connectivity index (χ2v) is 6.40. The second-order valence-electron chi connectivity index (χ2n) is 6.40. The molecule has 4 heteroatoms. The van der Waals surface area contributed by atoms with Crippen molar-refractivity contribution in [3.05, 3.63) is 0 Å². The molecule has 0 aromatic heterocycles. The molecule has 3 unspecified atom stereocenters. The maximum absolute atomic E-state index is 12.0. The molecule has 1 amide bonds. The molecule has 1 saturated carbocycles. The molecule has 2 aliphatic rings. The van der Waals surface area contributed by atoms with Crippen LogP contribution < -0.4 is 5.73 Å². The molecule has 3 atom stereocenters. The number of nitrogens with zero attached hydrogens (tertiary/aromatic N) is 1. The van der Waals surface area contributed by atoms with Crippen LogP contribution in [0.15, 0.2) is 0 Å². The Kier molecular flexibility index (Phi) is 3.34.